The van der Waals surface area contributed by atoms with E-state index in [0.29, 0.717) is 0 Å². The smallest absolute Gasteiger partial charge is 0.124 e. The van der Waals surface area contributed by atoms with E-state index in [1.165, 1.54) is 23.9 Å². The van der Waals surface area contributed by atoms with Crippen LogP contribution in [0.3, 0.4) is 0 Å². The molecule has 0 bridgehead atoms. The third-order valence-electron chi connectivity index (χ3n) is 2.34. The molecule has 0 aromatic heterocycles. The Labute approximate surface area is 86.5 Å². The maximum atomic E-state index is 12.9. The van der Waals surface area contributed by atoms with Crippen LogP contribution < -0.4 is 5.32 Å². The molecule has 14 heavy (non-hydrogen) atoms. The normalized spacial score (nSPS) is 25.4. The SMILES string of the molecule is CC1Nc2ccc(F)cc2SC1CO. The van der Waals surface area contributed by atoms with Gasteiger partial charge < -0.3 is 10.4 Å². The van der Waals surface area contributed by atoms with Crippen LogP contribution in [0, 0.1) is 5.82 Å². The molecule has 1 aliphatic heterocycles. The standard InChI is InChI=1S/C10H12FNOS/c1-6-10(5-13)14-9-4-7(11)2-3-8(9)12-6/h2-4,6,10,12-13H,5H2,1H3. The molecular formula is C10H12FNOS. The van der Waals surface area contributed by atoms with Crippen molar-refractivity contribution in [2.24, 2.45) is 0 Å². The van der Waals surface area contributed by atoms with E-state index in [-0.39, 0.29) is 23.7 Å². The molecule has 2 N–H and O–H groups in total. The third-order valence-corrected chi connectivity index (χ3v) is 3.79. The largest absolute Gasteiger partial charge is 0.395 e. The number of aliphatic hydroxyl groups excluding tert-OH is 1. The first-order chi connectivity index (χ1) is 6.70. The number of thioether (sulfide) groups is 1. The molecule has 0 saturated carbocycles. The number of rotatable bonds is 1. The van der Waals surface area contributed by atoms with Crippen molar-refractivity contribution in [1.82, 2.24) is 0 Å². The first kappa shape index (κ1) is 9.80. The van der Waals surface area contributed by atoms with Crippen LogP contribution in [0.4, 0.5) is 10.1 Å². The molecule has 2 nitrogen and oxygen atoms in total. The molecule has 2 atom stereocenters. The minimum atomic E-state index is -0.232. The predicted octanol–water partition coefficient (Wildman–Crippen LogP) is 2.09. The zero-order valence-corrected chi connectivity index (χ0v) is 8.64. The van der Waals surface area contributed by atoms with Gasteiger partial charge in [0.2, 0.25) is 0 Å². The van der Waals surface area contributed by atoms with E-state index < -0.39 is 0 Å². The van der Waals surface area contributed by atoms with E-state index in [9.17, 15) is 4.39 Å². The summed E-state index contributed by atoms with van der Waals surface area (Å²) in [4.78, 5) is 0.877. The summed E-state index contributed by atoms with van der Waals surface area (Å²) in [5.41, 5.74) is 0.952. The van der Waals surface area contributed by atoms with Gasteiger partial charge in [-0.2, -0.15) is 0 Å². The lowest BCUT2D eigenvalue weighted by Gasteiger charge is -2.30. The molecule has 1 aromatic carbocycles. The van der Waals surface area contributed by atoms with Crippen LogP contribution in [0.2, 0.25) is 0 Å². The van der Waals surface area contributed by atoms with Gasteiger partial charge in [0.15, 0.2) is 0 Å². The van der Waals surface area contributed by atoms with Gasteiger partial charge in [-0.15, -0.1) is 11.8 Å². The van der Waals surface area contributed by atoms with Gasteiger partial charge >= 0.3 is 0 Å². The van der Waals surface area contributed by atoms with Crippen molar-refractivity contribution >= 4 is 17.4 Å². The first-order valence-corrected chi connectivity index (χ1v) is 5.42. The molecule has 1 heterocycles. The summed E-state index contributed by atoms with van der Waals surface area (Å²) in [6.07, 6.45) is 0. The van der Waals surface area contributed by atoms with E-state index in [2.05, 4.69) is 5.32 Å². The number of halogens is 1. The van der Waals surface area contributed by atoms with Crippen molar-refractivity contribution in [3.63, 3.8) is 0 Å². The quantitative estimate of drug-likeness (QED) is 0.749. The fraction of sp³-hybridized carbons (Fsp3) is 0.400. The van der Waals surface area contributed by atoms with Crippen molar-refractivity contribution in [2.45, 2.75) is 23.1 Å². The van der Waals surface area contributed by atoms with Crippen molar-refractivity contribution < 1.29 is 9.50 Å². The lowest BCUT2D eigenvalue weighted by atomic mass is 10.2. The molecule has 0 fully saturated rings. The maximum Gasteiger partial charge on any atom is 0.124 e. The average Bonchev–Trinajstić information content (AvgIpc) is 2.17. The Morgan fingerprint density at radius 2 is 2.36 bits per heavy atom. The number of benzene rings is 1. The molecule has 0 spiro atoms. The average molecular weight is 213 g/mol. The fourth-order valence-electron chi connectivity index (χ4n) is 1.51. The van der Waals surface area contributed by atoms with Crippen LogP contribution in [0.1, 0.15) is 6.92 Å². The number of anilines is 1. The molecule has 1 aromatic rings. The Kier molecular flexibility index (Phi) is 2.65. The van der Waals surface area contributed by atoms with E-state index in [1.54, 1.807) is 6.07 Å². The van der Waals surface area contributed by atoms with Gasteiger partial charge in [0.1, 0.15) is 5.82 Å². The van der Waals surface area contributed by atoms with Crippen molar-refractivity contribution in [3.05, 3.63) is 24.0 Å². The van der Waals surface area contributed by atoms with Gasteiger partial charge in [-0.3, -0.25) is 0 Å². The monoisotopic (exact) mass is 213 g/mol. The Bertz CT molecular complexity index is 345. The van der Waals surface area contributed by atoms with Gasteiger partial charge in [0.25, 0.3) is 0 Å². The van der Waals surface area contributed by atoms with Gasteiger partial charge in [-0.05, 0) is 25.1 Å². The highest BCUT2D eigenvalue weighted by Crippen LogP contribution is 2.37. The summed E-state index contributed by atoms with van der Waals surface area (Å²) >= 11 is 1.53. The summed E-state index contributed by atoms with van der Waals surface area (Å²) in [5.74, 6) is -0.232. The number of aliphatic hydroxyl groups is 1. The Morgan fingerprint density at radius 3 is 3.07 bits per heavy atom. The molecule has 0 aliphatic carbocycles. The molecule has 76 valence electrons. The zero-order chi connectivity index (χ0) is 10.1. The number of hydrogen-bond acceptors (Lipinski definition) is 3. The lowest BCUT2D eigenvalue weighted by Crippen LogP contribution is -2.34. The Morgan fingerprint density at radius 1 is 1.57 bits per heavy atom. The second-order valence-corrected chi connectivity index (χ2v) is 4.69. The van der Waals surface area contributed by atoms with Crippen LogP contribution in [0.25, 0.3) is 0 Å². The second kappa shape index (κ2) is 3.79. The highest BCUT2D eigenvalue weighted by atomic mass is 32.2. The molecule has 2 rings (SSSR count). The summed E-state index contributed by atoms with van der Waals surface area (Å²) in [6, 6.07) is 4.89. The minimum Gasteiger partial charge on any atom is -0.395 e. The molecule has 0 amide bonds. The van der Waals surface area contributed by atoms with E-state index in [0.717, 1.165) is 10.6 Å². The van der Waals surface area contributed by atoms with Gasteiger partial charge in [-0.25, -0.2) is 4.39 Å². The third kappa shape index (κ3) is 1.72. The van der Waals surface area contributed by atoms with Crippen LogP contribution in [-0.4, -0.2) is 23.0 Å². The van der Waals surface area contributed by atoms with E-state index in [4.69, 9.17) is 5.11 Å². The fourth-order valence-corrected chi connectivity index (χ4v) is 2.62. The van der Waals surface area contributed by atoms with Gasteiger partial charge in [0.05, 0.1) is 11.9 Å². The van der Waals surface area contributed by atoms with E-state index >= 15 is 0 Å². The Balaban J connectivity index is 2.31. The number of nitrogens with one attached hydrogen (secondary N) is 1. The van der Waals surface area contributed by atoms with Crippen LogP contribution >= 0.6 is 11.8 Å². The van der Waals surface area contributed by atoms with Crippen molar-refractivity contribution in [2.75, 3.05) is 11.9 Å². The summed E-state index contributed by atoms with van der Waals surface area (Å²) in [7, 11) is 0. The summed E-state index contributed by atoms with van der Waals surface area (Å²) in [6.45, 7) is 2.12. The van der Waals surface area contributed by atoms with Crippen LogP contribution in [0.5, 0.6) is 0 Å². The van der Waals surface area contributed by atoms with Gasteiger partial charge in [0, 0.05) is 16.6 Å². The molecular weight excluding hydrogens is 201 g/mol. The Hall–Kier alpha value is -0.740. The van der Waals surface area contributed by atoms with Crippen molar-refractivity contribution in [3.8, 4) is 0 Å². The topological polar surface area (TPSA) is 32.3 Å². The molecule has 1 aliphatic rings. The minimum absolute atomic E-state index is 0.101. The van der Waals surface area contributed by atoms with Crippen molar-refractivity contribution in [1.29, 1.82) is 0 Å². The lowest BCUT2D eigenvalue weighted by molar-refractivity contribution is 0.287. The van der Waals surface area contributed by atoms with Gasteiger partial charge in [-0.1, -0.05) is 0 Å². The number of fused-ring (bicyclic) bond motifs is 1. The zero-order valence-electron chi connectivity index (χ0n) is 7.83. The summed E-state index contributed by atoms with van der Waals surface area (Å²) < 4.78 is 12.9. The molecule has 0 saturated heterocycles. The van der Waals surface area contributed by atoms with Crippen LogP contribution in [-0.2, 0) is 0 Å². The molecule has 0 radical (unpaired) electrons. The maximum absolute atomic E-state index is 12.9. The highest BCUT2D eigenvalue weighted by Gasteiger charge is 2.24. The predicted molar refractivity (Wildman–Crippen MR) is 56.2 cm³/mol. The molecule has 2 unspecified atom stereocenters. The van der Waals surface area contributed by atoms with Crippen LogP contribution in [0.15, 0.2) is 23.1 Å². The second-order valence-electron chi connectivity index (χ2n) is 3.41. The first-order valence-electron chi connectivity index (χ1n) is 4.54. The summed E-state index contributed by atoms with van der Waals surface area (Å²) in [5, 5.41) is 12.4. The molecule has 4 heteroatoms. The highest BCUT2D eigenvalue weighted by molar-refractivity contribution is 8.00. The number of hydrogen-bond donors (Lipinski definition) is 2. The van der Waals surface area contributed by atoms with E-state index in [1.807, 2.05) is 6.92 Å².